The number of ether oxygens (including phenoxy) is 1. The topological polar surface area (TPSA) is 34.4 Å². The molecule has 1 aliphatic carbocycles. The van der Waals surface area contributed by atoms with E-state index in [1.54, 1.807) is 6.07 Å². The molecule has 1 fully saturated rings. The number of nitrogens with zero attached hydrogens (tertiary/aromatic N) is 1. The van der Waals surface area contributed by atoms with Gasteiger partial charge in [0.2, 0.25) is 0 Å². The van der Waals surface area contributed by atoms with Gasteiger partial charge in [0, 0.05) is 12.4 Å². The van der Waals surface area contributed by atoms with Gasteiger partial charge in [-0.05, 0) is 50.0 Å². The normalized spacial score (nSPS) is 14.5. The Kier molecular flexibility index (Phi) is 2.97. The molecule has 1 aliphatic rings. The van der Waals surface area contributed by atoms with Crippen LogP contribution in [-0.4, -0.2) is 16.3 Å². The first kappa shape index (κ1) is 12.2. The molecule has 1 N–H and O–H groups in total. The quantitative estimate of drug-likeness (QED) is 0.848. The molecule has 1 saturated carbocycles. The Hall–Kier alpha value is -1.90. The third kappa shape index (κ3) is 1.89. The summed E-state index contributed by atoms with van der Waals surface area (Å²) in [5.41, 5.74) is 3.49. The third-order valence-corrected chi connectivity index (χ3v) is 3.86. The third-order valence-electron chi connectivity index (χ3n) is 3.86. The highest BCUT2D eigenvalue weighted by Crippen LogP contribution is 2.37. The number of benzene rings is 1. The van der Waals surface area contributed by atoms with Crippen LogP contribution in [0.1, 0.15) is 31.9 Å². The van der Waals surface area contributed by atoms with Gasteiger partial charge in [-0.1, -0.05) is 6.07 Å². The molecule has 1 heterocycles. The molecule has 100 valence electrons. The number of phenols is 1. The van der Waals surface area contributed by atoms with Gasteiger partial charge in [-0.25, -0.2) is 0 Å². The smallest absolute Gasteiger partial charge is 0.142 e. The number of aryl methyl sites for hydroxylation is 1. The summed E-state index contributed by atoms with van der Waals surface area (Å²) in [6.45, 7) is 2.69. The number of fused-ring (bicyclic) bond motifs is 1. The Balaban J connectivity index is 2.19. The summed E-state index contributed by atoms with van der Waals surface area (Å²) in [7, 11) is 2.02. The van der Waals surface area contributed by atoms with Crippen molar-refractivity contribution in [2.75, 3.05) is 6.61 Å². The summed E-state index contributed by atoms with van der Waals surface area (Å²) in [5, 5.41) is 10.8. The number of hydrogen-bond acceptors (Lipinski definition) is 2. The number of phenolic OH excluding ortho intramolecular Hbond substituents is 1. The van der Waals surface area contributed by atoms with Crippen LogP contribution in [0.25, 0.3) is 16.7 Å². The number of rotatable bonds is 3. The van der Waals surface area contributed by atoms with E-state index >= 15 is 0 Å². The first-order valence-corrected chi connectivity index (χ1v) is 6.85. The Labute approximate surface area is 113 Å². The van der Waals surface area contributed by atoms with Gasteiger partial charge >= 0.3 is 0 Å². The van der Waals surface area contributed by atoms with Gasteiger partial charge in [-0.2, -0.15) is 0 Å². The monoisotopic (exact) mass is 257 g/mol. The fourth-order valence-electron chi connectivity index (χ4n) is 2.64. The predicted molar refractivity (Wildman–Crippen MR) is 77.0 cm³/mol. The SMILES string of the molecule is CCOC(=C1CCC1)c1cc2c(O)cccc2n1C. The lowest BCUT2D eigenvalue weighted by Crippen LogP contribution is -2.07. The minimum Gasteiger partial charge on any atom is -0.507 e. The van der Waals surface area contributed by atoms with E-state index in [2.05, 4.69) is 4.57 Å². The minimum absolute atomic E-state index is 0.328. The minimum atomic E-state index is 0.328. The maximum absolute atomic E-state index is 9.96. The van der Waals surface area contributed by atoms with E-state index in [4.69, 9.17) is 4.74 Å². The second-order valence-corrected chi connectivity index (χ2v) is 5.02. The van der Waals surface area contributed by atoms with Crippen molar-refractivity contribution < 1.29 is 9.84 Å². The van der Waals surface area contributed by atoms with E-state index in [1.165, 1.54) is 12.0 Å². The van der Waals surface area contributed by atoms with Gasteiger partial charge in [-0.15, -0.1) is 0 Å². The van der Waals surface area contributed by atoms with Crippen molar-refractivity contribution in [1.82, 2.24) is 4.57 Å². The van der Waals surface area contributed by atoms with Crippen LogP contribution in [0.5, 0.6) is 5.75 Å². The molecular weight excluding hydrogens is 238 g/mol. The fraction of sp³-hybridized carbons (Fsp3) is 0.375. The average molecular weight is 257 g/mol. The maximum atomic E-state index is 9.96. The van der Waals surface area contributed by atoms with Gasteiger partial charge in [0.1, 0.15) is 11.5 Å². The van der Waals surface area contributed by atoms with Crippen molar-refractivity contribution in [3.05, 3.63) is 35.5 Å². The van der Waals surface area contributed by atoms with Gasteiger partial charge in [0.05, 0.1) is 17.8 Å². The van der Waals surface area contributed by atoms with Crippen LogP contribution < -0.4 is 0 Å². The molecule has 0 aliphatic heterocycles. The average Bonchev–Trinajstić information content (AvgIpc) is 2.66. The molecule has 0 atom stereocenters. The van der Waals surface area contributed by atoms with Gasteiger partial charge < -0.3 is 14.4 Å². The molecule has 1 aromatic heterocycles. The molecule has 0 bridgehead atoms. The van der Waals surface area contributed by atoms with Crippen LogP contribution in [0.15, 0.2) is 29.8 Å². The second-order valence-electron chi connectivity index (χ2n) is 5.02. The van der Waals surface area contributed by atoms with Crippen molar-refractivity contribution in [2.45, 2.75) is 26.2 Å². The lowest BCUT2D eigenvalue weighted by Gasteiger charge is -2.22. The van der Waals surface area contributed by atoms with Gasteiger partial charge in [-0.3, -0.25) is 0 Å². The summed E-state index contributed by atoms with van der Waals surface area (Å²) in [5.74, 6) is 1.33. The molecule has 0 saturated heterocycles. The fourth-order valence-corrected chi connectivity index (χ4v) is 2.64. The molecule has 19 heavy (non-hydrogen) atoms. The molecule has 3 rings (SSSR count). The molecule has 0 spiro atoms. The molecule has 3 nitrogen and oxygen atoms in total. The summed E-state index contributed by atoms with van der Waals surface area (Å²) in [4.78, 5) is 0. The summed E-state index contributed by atoms with van der Waals surface area (Å²) >= 11 is 0. The summed E-state index contributed by atoms with van der Waals surface area (Å²) in [6, 6.07) is 7.65. The van der Waals surface area contributed by atoms with Gasteiger partial charge in [0.25, 0.3) is 0 Å². The molecule has 0 amide bonds. The largest absolute Gasteiger partial charge is 0.507 e. The van der Waals surface area contributed by atoms with E-state index in [9.17, 15) is 5.11 Å². The lowest BCUT2D eigenvalue weighted by atomic mass is 9.90. The van der Waals surface area contributed by atoms with Crippen molar-refractivity contribution in [3.63, 3.8) is 0 Å². The van der Waals surface area contributed by atoms with Gasteiger partial charge in [0.15, 0.2) is 0 Å². The highest BCUT2D eigenvalue weighted by atomic mass is 16.5. The van der Waals surface area contributed by atoms with E-state index < -0.39 is 0 Å². The second kappa shape index (κ2) is 4.65. The summed E-state index contributed by atoms with van der Waals surface area (Å²) < 4.78 is 7.96. The number of aromatic nitrogens is 1. The van der Waals surface area contributed by atoms with Crippen LogP contribution in [-0.2, 0) is 11.8 Å². The Morgan fingerprint density at radius 3 is 2.74 bits per heavy atom. The van der Waals surface area contributed by atoms with Crippen LogP contribution >= 0.6 is 0 Å². The van der Waals surface area contributed by atoms with Crippen LogP contribution in [0.2, 0.25) is 0 Å². The van der Waals surface area contributed by atoms with Crippen molar-refractivity contribution in [1.29, 1.82) is 0 Å². The zero-order chi connectivity index (χ0) is 13.4. The number of aromatic hydroxyl groups is 1. The Morgan fingerprint density at radius 1 is 1.37 bits per heavy atom. The van der Waals surface area contributed by atoms with E-state index in [-0.39, 0.29) is 0 Å². The molecule has 0 unspecified atom stereocenters. The van der Waals surface area contributed by atoms with Crippen LogP contribution in [0.3, 0.4) is 0 Å². The zero-order valence-corrected chi connectivity index (χ0v) is 11.4. The number of allylic oxidation sites excluding steroid dienone is 1. The predicted octanol–water partition coefficient (Wildman–Crippen LogP) is 3.82. The zero-order valence-electron chi connectivity index (χ0n) is 11.4. The lowest BCUT2D eigenvalue weighted by molar-refractivity contribution is 0.288. The molecule has 0 radical (unpaired) electrons. The molecule has 2 aromatic rings. The van der Waals surface area contributed by atoms with Crippen LogP contribution in [0, 0.1) is 0 Å². The molecule has 3 heteroatoms. The standard InChI is InChI=1S/C16H19NO2/c1-3-19-16(11-6-4-7-11)14-10-12-13(17(14)2)8-5-9-15(12)18/h5,8-10,18H,3-4,6-7H2,1-2H3. The Bertz CT molecular complexity index is 646. The van der Waals surface area contributed by atoms with E-state index in [0.717, 1.165) is 35.2 Å². The van der Waals surface area contributed by atoms with Crippen molar-refractivity contribution in [3.8, 4) is 5.75 Å². The Morgan fingerprint density at radius 2 is 2.16 bits per heavy atom. The highest BCUT2D eigenvalue weighted by molar-refractivity contribution is 5.90. The number of hydrogen-bond donors (Lipinski definition) is 1. The summed E-state index contributed by atoms with van der Waals surface area (Å²) in [6.07, 6.45) is 3.51. The van der Waals surface area contributed by atoms with Crippen LogP contribution in [0.4, 0.5) is 0 Å². The molecular formula is C16H19NO2. The highest BCUT2D eigenvalue weighted by Gasteiger charge is 2.21. The van der Waals surface area contributed by atoms with E-state index in [0.29, 0.717) is 12.4 Å². The first-order valence-electron chi connectivity index (χ1n) is 6.85. The maximum Gasteiger partial charge on any atom is 0.142 e. The molecule has 1 aromatic carbocycles. The van der Waals surface area contributed by atoms with Crippen molar-refractivity contribution in [2.24, 2.45) is 7.05 Å². The van der Waals surface area contributed by atoms with E-state index in [1.807, 2.05) is 32.2 Å². The first-order chi connectivity index (χ1) is 9.22. The van der Waals surface area contributed by atoms with Crippen molar-refractivity contribution >= 4 is 16.7 Å².